The zero-order valence-electron chi connectivity index (χ0n) is 11.8. The van der Waals surface area contributed by atoms with Gasteiger partial charge in [0.05, 0.1) is 0 Å². The summed E-state index contributed by atoms with van der Waals surface area (Å²) in [5, 5.41) is 0.412. The highest BCUT2D eigenvalue weighted by molar-refractivity contribution is 6.30. The fraction of sp³-hybridized carbons (Fsp3) is 0.600. The molecule has 0 heterocycles. The van der Waals surface area contributed by atoms with Crippen LogP contribution in [-0.4, -0.2) is 0 Å². The first kappa shape index (κ1) is 16.4. The molecule has 0 fully saturated rings. The standard InChI is InChI=1S/C15H24ClFN2/c1-3-5-6-11(4-2)9-15(19-18)13-8-7-12(16)10-14(13)17/h7-8,10-11,15,19H,3-6,9,18H2,1-2H3. The van der Waals surface area contributed by atoms with E-state index >= 15 is 0 Å². The zero-order valence-corrected chi connectivity index (χ0v) is 12.5. The van der Waals surface area contributed by atoms with Crippen LogP contribution >= 0.6 is 11.6 Å². The van der Waals surface area contributed by atoms with Crippen molar-refractivity contribution in [2.45, 2.75) is 52.0 Å². The van der Waals surface area contributed by atoms with Crippen molar-refractivity contribution in [2.24, 2.45) is 11.8 Å². The molecule has 0 spiro atoms. The predicted molar refractivity (Wildman–Crippen MR) is 79.4 cm³/mol. The van der Waals surface area contributed by atoms with Crippen LogP contribution in [0.5, 0.6) is 0 Å². The van der Waals surface area contributed by atoms with E-state index in [0.717, 1.165) is 12.8 Å². The van der Waals surface area contributed by atoms with Gasteiger partial charge in [0.15, 0.2) is 0 Å². The van der Waals surface area contributed by atoms with Crippen LogP contribution in [0.1, 0.15) is 57.6 Å². The maximum atomic E-state index is 13.9. The molecule has 0 saturated heterocycles. The monoisotopic (exact) mass is 286 g/mol. The summed E-state index contributed by atoms with van der Waals surface area (Å²) in [6, 6.07) is 4.61. The number of rotatable bonds is 8. The molecule has 2 atom stereocenters. The smallest absolute Gasteiger partial charge is 0.129 e. The summed E-state index contributed by atoms with van der Waals surface area (Å²) in [4.78, 5) is 0. The number of benzene rings is 1. The lowest BCUT2D eigenvalue weighted by atomic mass is 9.89. The van der Waals surface area contributed by atoms with Crippen LogP contribution in [0.4, 0.5) is 4.39 Å². The van der Waals surface area contributed by atoms with E-state index in [1.165, 1.54) is 25.3 Å². The molecule has 0 aromatic heterocycles. The first-order chi connectivity index (χ1) is 9.12. The number of nitrogens with two attached hydrogens (primary N) is 1. The van der Waals surface area contributed by atoms with Gasteiger partial charge >= 0.3 is 0 Å². The van der Waals surface area contributed by atoms with E-state index in [2.05, 4.69) is 19.3 Å². The Hall–Kier alpha value is -0.640. The Morgan fingerprint density at radius 1 is 1.37 bits per heavy atom. The van der Waals surface area contributed by atoms with Gasteiger partial charge in [-0.25, -0.2) is 4.39 Å². The van der Waals surface area contributed by atoms with E-state index < -0.39 is 0 Å². The van der Waals surface area contributed by atoms with Crippen LogP contribution in [0.25, 0.3) is 0 Å². The maximum absolute atomic E-state index is 13.9. The molecule has 0 aliphatic carbocycles. The number of unbranched alkanes of at least 4 members (excludes halogenated alkanes) is 1. The lowest BCUT2D eigenvalue weighted by Gasteiger charge is -2.23. The molecule has 0 amide bonds. The molecule has 0 saturated carbocycles. The van der Waals surface area contributed by atoms with Crippen LogP contribution in [0, 0.1) is 11.7 Å². The number of hydrogen-bond donors (Lipinski definition) is 2. The van der Waals surface area contributed by atoms with Crippen molar-refractivity contribution in [2.75, 3.05) is 0 Å². The molecule has 1 aromatic rings. The van der Waals surface area contributed by atoms with E-state index in [1.54, 1.807) is 12.1 Å². The van der Waals surface area contributed by atoms with Crippen molar-refractivity contribution >= 4 is 11.6 Å². The van der Waals surface area contributed by atoms with Crippen molar-refractivity contribution in [3.63, 3.8) is 0 Å². The fourth-order valence-corrected chi connectivity index (χ4v) is 2.54. The van der Waals surface area contributed by atoms with Gasteiger partial charge in [-0.05, 0) is 24.5 Å². The molecule has 1 rings (SSSR count). The Labute approximate surface area is 120 Å². The number of hydrazine groups is 1. The minimum Gasteiger partial charge on any atom is -0.271 e. The molecule has 0 radical (unpaired) electrons. The summed E-state index contributed by atoms with van der Waals surface area (Å²) >= 11 is 5.77. The molecule has 0 bridgehead atoms. The number of nitrogens with one attached hydrogen (secondary N) is 1. The van der Waals surface area contributed by atoms with E-state index in [-0.39, 0.29) is 11.9 Å². The van der Waals surface area contributed by atoms with Gasteiger partial charge in [0, 0.05) is 16.6 Å². The summed E-state index contributed by atoms with van der Waals surface area (Å²) in [6.07, 6.45) is 5.50. The van der Waals surface area contributed by atoms with Crippen LogP contribution in [0.15, 0.2) is 18.2 Å². The van der Waals surface area contributed by atoms with Crippen molar-refractivity contribution in [3.8, 4) is 0 Å². The van der Waals surface area contributed by atoms with Crippen LogP contribution in [0.3, 0.4) is 0 Å². The minimum absolute atomic E-state index is 0.154. The molecular formula is C15H24ClFN2. The Morgan fingerprint density at radius 3 is 2.63 bits per heavy atom. The second-order valence-corrected chi connectivity index (χ2v) is 5.47. The molecule has 2 unspecified atom stereocenters. The third-order valence-corrected chi connectivity index (χ3v) is 3.89. The summed E-state index contributed by atoms with van der Waals surface area (Å²) in [6.45, 7) is 4.36. The molecule has 0 aliphatic heterocycles. The Bertz CT molecular complexity index is 384. The fourth-order valence-electron chi connectivity index (χ4n) is 2.38. The number of halogens is 2. The highest BCUT2D eigenvalue weighted by Crippen LogP contribution is 2.28. The second kappa shape index (κ2) is 8.51. The van der Waals surface area contributed by atoms with Crippen molar-refractivity contribution in [3.05, 3.63) is 34.6 Å². The number of hydrogen-bond acceptors (Lipinski definition) is 2. The normalized spacial score (nSPS) is 14.4. The van der Waals surface area contributed by atoms with Gasteiger partial charge in [-0.15, -0.1) is 0 Å². The van der Waals surface area contributed by atoms with Crippen molar-refractivity contribution < 1.29 is 4.39 Å². The van der Waals surface area contributed by atoms with Gasteiger partial charge in [-0.2, -0.15) is 0 Å². The van der Waals surface area contributed by atoms with Gasteiger partial charge < -0.3 is 0 Å². The first-order valence-electron chi connectivity index (χ1n) is 7.03. The summed E-state index contributed by atoms with van der Waals surface area (Å²) in [7, 11) is 0. The van der Waals surface area contributed by atoms with Crippen LogP contribution in [-0.2, 0) is 0 Å². The lowest BCUT2D eigenvalue weighted by molar-refractivity contribution is 0.350. The molecule has 0 aliphatic rings. The third kappa shape index (κ3) is 5.09. The lowest BCUT2D eigenvalue weighted by Crippen LogP contribution is -2.30. The Kier molecular flexibility index (Phi) is 7.36. The SMILES string of the molecule is CCCCC(CC)CC(NN)c1ccc(Cl)cc1F. The third-order valence-electron chi connectivity index (χ3n) is 3.65. The van der Waals surface area contributed by atoms with Gasteiger partial charge in [0.25, 0.3) is 0 Å². The topological polar surface area (TPSA) is 38.0 Å². The second-order valence-electron chi connectivity index (χ2n) is 5.04. The van der Waals surface area contributed by atoms with Crippen molar-refractivity contribution in [1.82, 2.24) is 5.43 Å². The van der Waals surface area contributed by atoms with Crippen LogP contribution in [0.2, 0.25) is 5.02 Å². The minimum atomic E-state index is -0.291. The van der Waals surface area contributed by atoms with Crippen LogP contribution < -0.4 is 11.3 Å². The van der Waals surface area contributed by atoms with E-state index in [9.17, 15) is 4.39 Å². The van der Waals surface area contributed by atoms with Gasteiger partial charge in [0.2, 0.25) is 0 Å². The van der Waals surface area contributed by atoms with E-state index in [0.29, 0.717) is 16.5 Å². The van der Waals surface area contributed by atoms with E-state index in [1.807, 2.05) is 0 Å². The highest BCUT2D eigenvalue weighted by atomic mass is 35.5. The molecule has 2 nitrogen and oxygen atoms in total. The molecule has 4 heteroatoms. The van der Waals surface area contributed by atoms with Gasteiger partial charge in [0.1, 0.15) is 5.82 Å². The Morgan fingerprint density at radius 2 is 2.11 bits per heavy atom. The van der Waals surface area contributed by atoms with Crippen molar-refractivity contribution in [1.29, 1.82) is 0 Å². The maximum Gasteiger partial charge on any atom is 0.129 e. The predicted octanol–water partition coefficient (Wildman–Crippen LogP) is 4.59. The Balaban J connectivity index is 2.76. The first-order valence-corrected chi connectivity index (χ1v) is 7.41. The average Bonchev–Trinajstić information content (AvgIpc) is 2.40. The average molecular weight is 287 g/mol. The highest BCUT2D eigenvalue weighted by Gasteiger charge is 2.19. The molecular weight excluding hydrogens is 263 g/mol. The van der Waals surface area contributed by atoms with E-state index in [4.69, 9.17) is 17.4 Å². The molecule has 3 N–H and O–H groups in total. The van der Waals surface area contributed by atoms with Gasteiger partial charge in [-0.3, -0.25) is 11.3 Å². The summed E-state index contributed by atoms with van der Waals surface area (Å²) < 4.78 is 13.9. The summed E-state index contributed by atoms with van der Waals surface area (Å²) in [5.74, 6) is 5.87. The van der Waals surface area contributed by atoms with Gasteiger partial charge in [-0.1, -0.05) is 57.2 Å². The molecule has 19 heavy (non-hydrogen) atoms. The molecule has 108 valence electrons. The summed E-state index contributed by atoms with van der Waals surface area (Å²) in [5.41, 5.74) is 3.34. The quantitative estimate of drug-likeness (QED) is 0.542. The molecule has 1 aromatic carbocycles. The largest absolute Gasteiger partial charge is 0.271 e. The zero-order chi connectivity index (χ0) is 14.3.